The molecule has 1 aromatic rings. The van der Waals surface area contributed by atoms with Crippen LogP contribution in [0.15, 0.2) is 29.3 Å². The zero-order valence-corrected chi connectivity index (χ0v) is 17.6. The number of nitrogens with zero attached hydrogens (tertiary/aromatic N) is 2. The van der Waals surface area contributed by atoms with Gasteiger partial charge in [-0.3, -0.25) is 4.99 Å². The summed E-state index contributed by atoms with van der Waals surface area (Å²) in [7, 11) is 0. The van der Waals surface area contributed by atoms with Gasteiger partial charge in [0.25, 0.3) is 0 Å². The van der Waals surface area contributed by atoms with E-state index in [1.807, 2.05) is 12.1 Å². The Hall–Kier alpha value is -1.66. The molecule has 2 heterocycles. The molecule has 1 aliphatic carbocycles. The van der Waals surface area contributed by atoms with Gasteiger partial charge in [-0.25, -0.2) is 4.39 Å². The summed E-state index contributed by atoms with van der Waals surface area (Å²) in [5, 5.41) is 7.01. The van der Waals surface area contributed by atoms with E-state index in [0.717, 1.165) is 70.1 Å². The molecule has 1 atom stereocenters. The quantitative estimate of drug-likeness (QED) is 0.544. The van der Waals surface area contributed by atoms with Gasteiger partial charge in [-0.05, 0) is 56.6 Å². The molecule has 0 aromatic heterocycles. The monoisotopic (exact) mass is 402 g/mol. The minimum atomic E-state index is -0.111. The maximum atomic E-state index is 14.3. The summed E-state index contributed by atoms with van der Waals surface area (Å²) in [4.78, 5) is 7.44. The van der Waals surface area contributed by atoms with E-state index in [4.69, 9.17) is 9.73 Å². The summed E-state index contributed by atoms with van der Waals surface area (Å²) in [5.41, 5.74) is 0.712. The van der Waals surface area contributed by atoms with Crippen molar-refractivity contribution in [3.63, 3.8) is 0 Å². The van der Waals surface area contributed by atoms with Crippen LogP contribution in [-0.4, -0.2) is 62.8 Å². The molecule has 3 fully saturated rings. The minimum Gasteiger partial charge on any atom is -0.381 e. The number of piperidine rings is 1. The Kier molecular flexibility index (Phi) is 6.70. The fourth-order valence-electron chi connectivity index (χ4n) is 4.65. The number of guanidine groups is 1. The third kappa shape index (κ3) is 5.28. The van der Waals surface area contributed by atoms with E-state index in [2.05, 4.69) is 22.5 Å². The van der Waals surface area contributed by atoms with Gasteiger partial charge in [0.1, 0.15) is 5.82 Å². The van der Waals surface area contributed by atoms with Crippen LogP contribution in [-0.2, 0) is 10.2 Å². The number of rotatable bonds is 7. The molecule has 2 saturated heterocycles. The normalized spacial score (nSPS) is 25.2. The van der Waals surface area contributed by atoms with Crippen LogP contribution in [0.2, 0.25) is 0 Å². The summed E-state index contributed by atoms with van der Waals surface area (Å²) < 4.78 is 19.8. The first-order chi connectivity index (χ1) is 14.2. The smallest absolute Gasteiger partial charge is 0.191 e. The standard InChI is InChI=1S/C23H35FN4O/c1-2-25-22(26-17-23(10-11-23)20-5-3-4-6-21(20)24)27-19-7-12-28(13-8-19)15-18-9-14-29-16-18/h3-6,18-19H,2,7-17H2,1H3,(H2,25,26,27). The third-order valence-electron chi connectivity index (χ3n) is 6.65. The fraction of sp³-hybridized carbons (Fsp3) is 0.696. The number of ether oxygens (including phenoxy) is 1. The fourth-order valence-corrected chi connectivity index (χ4v) is 4.65. The second-order valence-corrected chi connectivity index (χ2v) is 8.90. The van der Waals surface area contributed by atoms with Crippen LogP contribution < -0.4 is 10.6 Å². The lowest BCUT2D eigenvalue weighted by molar-refractivity contribution is 0.150. The van der Waals surface area contributed by atoms with Crippen molar-refractivity contribution in [1.82, 2.24) is 15.5 Å². The van der Waals surface area contributed by atoms with Gasteiger partial charge in [0.05, 0.1) is 13.2 Å². The summed E-state index contributed by atoms with van der Waals surface area (Å²) in [6.45, 7) is 8.86. The second kappa shape index (κ2) is 9.43. The third-order valence-corrected chi connectivity index (χ3v) is 6.65. The molecular weight excluding hydrogens is 367 g/mol. The molecular formula is C23H35FN4O. The predicted molar refractivity (Wildman–Crippen MR) is 115 cm³/mol. The highest BCUT2D eigenvalue weighted by Gasteiger charge is 2.45. The molecule has 1 saturated carbocycles. The number of nitrogens with one attached hydrogen (secondary N) is 2. The second-order valence-electron chi connectivity index (χ2n) is 8.90. The molecule has 160 valence electrons. The summed E-state index contributed by atoms with van der Waals surface area (Å²) in [6.07, 6.45) is 5.51. The first kappa shape index (κ1) is 20.6. The van der Waals surface area contributed by atoms with E-state index >= 15 is 0 Å². The molecule has 6 heteroatoms. The number of aliphatic imine (C=N–C) groups is 1. The average molecular weight is 403 g/mol. The van der Waals surface area contributed by atoms with Crippen molar-refractivity contribution in [2.45, 2.75) is 50.5 Å². The number of halogens is 1. The molecule has 4 rings (SSSR count). The average Bonchev–Trinajstić information content (AvgIpc) is 3.34. The van der Waals surface area contributed by atoms with Crippen LogP contribution in [0.1, 0.15) is 44.6 Å². The lowest BCUT2D eigenvalue weighted by atomic mass is 9.95. The van der Waals surface area contributed by atoms with E-state index in [0.29, 0.717) is 18.5 Å². The van der Waals surface area contributed by atoms with E-state index in [1.54, 1.807) is 12.1 Å². The maximum Gasteiger partial charge on any atom is 0.191 e. The number of likely N-dealkylation sites (tertiary alicyclic amines) is 1. The molecule has 2 aliphatic heterocycles. The van der Waals surface area contributed by atoms with E-state index in [-0.39, 0.29) is 11.2 Å². The first-order valence-corrected chi connectivity index (χ1v) is 11.3. The van der Waals surface area contributed by atoms with Gasteiger partial charge in [0.2, 0.25) is 0 Å². The highest BCUT2D eigenvalue weighted by atomic mass is 19.1. The Morgan fingerprint density at radius 1 is 1.24 bits per heavy atom. The van der Waals surface area contributed by atoms with Gasteiger partial charge in [0.15, 0.2) is 5.96 Å². The molecule has 3 aliphatic rings. The Labute approximate surface area is 174 Å². The maximum absolute atomic E-state index is 14.3. The van der Waals surface area contributed by atoms with Crippen LogP contribution in [0.3, 0.4) is 0 Å². The van der Waals surface area contributed by atoms with Crippen molar-refractivity contribution in [1.29, 1.82) is 0 Å². The number of hydrogen-bond donors (Lipinski definition) is 2. The molecule has 0 spiro atoms. The zero-order valence-electron chi connectivity index (χ0n) is 17.6. The number of benzene rings is 1. The van der Waals surface area contributed by atoms with Crippen molar-refractivity contribution in [2.75, 3.05) is 45.9 Å². The molecule has 1 unspecified atom stereocenters. The van der Waals surface area contributed by atoms with E-state index < -0.39 is 0 Å². The highest BCUT2D eigenvalue weighted by molar-refractivity contribution is 5.80. The molecule has 5 nitrogen and oxygen atoms in total. The van der Waals surface area contributed by atoms with Gasteiger partial charge in [-0.15, -0.1) is 0 Å². The topological polar surface area (TPSA) is 48.9 Å². The first-order valence-electron chi connectivity index (χ1n) is 11.3. The molecule has 1 aromatic carbocycles. The molecule has 0 radical (unpaired) electrons. The largest absolute Gasteiger partial charge is 0.381 e. The van der Waals surface area contributed by atoms with Crippen molar-refractivity contribution in [3.05, 3.63) is 35.6 Å². The van der Waals surface area contributed by atoms with E-state index in [9.17, 15) is 4.39 Å². The minimum absolute atomic E-state index is 0.0989. The van der Waals surface area contributed by atoms with Crippen LogP contribution in [0.25, 0.3) is 0 Å². The Bertz CT molecular complexity index is 692. The molecule has 2 N–H and O–H groups in total. The lowest BCUT2D eigenvalue weighted by Gasteiger charge is -2.34. The van der Waals surface area contributed by atoms with Crippen LogP contribution in [0.4, 0.5) is 4.39 Å². The molecule has 0 amide bonds. The Morgan fingerprint density at radius 3 is 2.69 bits per heavy atom. The summed E-state index contributed by atoms with van der Waals surface area (Å²) in [5.74, 6) is 1.49. The Balaban J connectivity index is 1.30. The van der Waals surface area contributed by atoms with Gasteiger partial charge in [-0.1, -0.05) is 18.2 Å². The van der Waals surface area contributed by atoms with Crippen molar-refractivity contribution in [3.8, 4) is 0 Å². The van der Waals surface area contributed by atoms with E-state index in [1.165, 1.54) is 13.0 Å². The van der Waals surface area contributed by atoms with Crippen molar-refractivity contribution >= 4 is 5.96 Å². The molecule has 29 heavy (non-hydrogen) atoms. The summed E-state index contributed by atoms with van der Waals surface area (Å²) in [6, 6.07) is 7.62. The van der Waals surface area contributed by atoms with Gasteiger partial charge in [0, 0.05) is 44.2 Å². The van der Waals surface area contributed by atoms with Crippen LogP contribution >= 0.6 is 0 Å². The number of hydrogen-bond acceptors (Lipinski definition) is 3. The molecule has 0 bridgehead atoms. The van der Waals surface area contributed by atoms with Gasteiger partial charge < -0.3 is 20.3 Å². The van der Waals surface area contributed by atoms with Crippen LogP contribution in [0, 0.1) is 11.7 Å². The Morgan fingerprint density at radius 2 is 2.03 bits per heavy atom. The summed E-state index contributed by atoms with van der Waals surface area (Å²) >= 11 is 0. The van der Waals surface area contributed by atoms with Crippen LogP contribution in [0.5, 0.6) is 0 Å². The SMILES string of the molecule is CCNC(=NCC1(c2ccccc2F)CC1)NC1CCN(CC2CCOC2)CC1. The zero-order chi connectivity index (χ0) is 20.1. The van der Waals surface area contributed by atoms with Gasteiger partial charge in [-0.2, -0.15) is 0 Å². The van der Waals surface area contributed by atoms with Crippen molar-refractivity contribution < 1.29 is 9.13 Å². The highest BCUT2D eigenvalue weighted by Crippen LogP contribution is 2.49. The van der Waals surface area contributed by atoms with Crippen molar-refractivity contribution in [2.24, 2.45) is 10.9 Å². The predicted octanol–water partition coefficient (Wildman–Crippen LogP) is 2.91. The lowest BCUT2D eigenvalue weighted by Crippen LogP contribution is -2.49. The van der Waals surface area contributed by atoms with Gasteiger partial charge >= 0.3 is 0 Å².